The molecule has 4 aliphatic heterocycles. The highest BCUT2D eigenvalue weighted by molar-refractivity contribution is 8.03. The maximum Gasteiger partial charge on any atom is 0.353 e. The number of hydrogen-bond donors (Lipinski definition) is 4. The number of ketones is 1. The molecule has 13 nitrogen and oxygen atoms in total. The zero-order valence-electron chi connectivity index (χ0n) is 36.7. The van der Waals surface area contributed by atoms with Crippen LogP contribution < -0.4 is 10.6 Å². The van der Waals surface area contributed by atoms with Crippen LogP contribution in [0.15, 0.2) is 35.1 Å². The molecule has 3 saturated heterocycles. The van der Waals surface area contributed by atoms with Crippen LogP contribution in [-0.4, -0.2) is 115 Å². The Labute approximate surface area is 355 Å². The normalized spacial score (nSPS) is 26.0. The molecule has 0 saturated carbocycles. The summed E-state index contributed by atoms with van der Waals surface area (Å²) in [5.74, 6) is -3.63. The molecule has 1 aromatic rings. The van der Waals surface area contributed by atoms with Gasteiger partial charge in [-0.15, -0.1) is 11.8 Å². The molecule has 0 radical (unpaired) electrons. The number of aliphatic carboxylic acids is 1. The summed E-state index contributed by atoms with van der Waals surface area (Å²) in [5, 5.41) is 27.8. The van der Waals surface area contributed by atoms with Gasteiger partial charge in [0.15, 0.2) is 0 Å². The first-order valence-corrected chi connectivity index (χ1v) is 22.6. The summed E-state index contributed by atoms with van der Waals surface area (Å²) in [6.07, 6.45) is 9.40. The predicted molar refractivity (Wildman–Crippen MR) is 228 cm³/mol. The van der Waals surface area contributed by atoms with E-state index in [0.29, 0.717) is 38.6 Å². The summed E-state index contributed by atoms with van der Waals surface area (Å²) < 4.78 is 6.33. The number of amides is 2. The van der Waals surface area contributed by atoms with Crippen molar-refractivity contribution in [1.29, 1.82) is 0 Å². The first-order chi connectivity index (χ1) is 27.7. The second-order valence-electron chi connectivity index (χ2n) is 19.5. The van der Waals surface area contributed by atoms with Gasteiger partial charge in [0.1, 0.15) is 17.8 Å². The number of carbonyl (C=O) groups excluding carboxylic acids is 4. The molecule has 0 spiro atoms. The number of β-lactam (4-membered cyclic amide) rings is 1. The van der Waals surface area contributed by atoms with E-state index in [1.165, 1.54) is 9.80 Å². The second-order valence-corrected chi connectivity index (χ2v) is 20.9. The van der Waals surface area contributed by atoms with Gasteiger partial charge in [0, 0.05) is 65.1 Å². The SMILES string of the molecule is CCC(C)(C)C(=O)C(=O)N1CCCC[C@H]1C(=O)O[C@H](CCc1cccnc1)CC(C)(C)CCC(C)(C)NC[C@@H]1C[C@H](SC2=C(C(=O)O)N3C(=O)[C@H]([C@@H](C)O)[C@H]3[C@H]2C)CN1. The minimum absolute atomic E-state index is 0.0721. The number of Topliss-reactive ketones (excluding diaryl/α,β-unsaturated/α-hetero) is 1. The number of aliphatic hydroxyl groups is 1. The lowest BCUT2D eigenvalue weighted by Crippen LogP contribution is -2.63. The lowest BCUT2D eigenvalue weighted by atomic mass is 9.78. The molecule has 2 amide bonds. The minimum Gasteiger partial charge on any atom is -0.477 e. The average molecular weight is 840 g/mol. The van der Waals surface area contributed by atoms with Gasteiger partial charge in [-0.3, -0.25) is 19.4 Å². The fourth-order valence-electron chi connectivity index (χ4n) is 9.06. The maximum absolute atomic E-state index is 13.9. The topological polar surface area (TPSA) is 178 Å². The Morgan fingerprint density at radius 1 is 1.12 bits per heavy atom. The van der Waals surface area contributed by atoms with Gasteiger partial charge in [0.25, 0.3) is 5.91 Å². The van der Waals surface area contributed by atoms with E-state index in [2.05, 4.69) is 43.3 Å². The number of aliphatic hydroxyl groups excluding tert-OH is 1. The molecule has 5 heterocycles. The van der Waals surface area contributed by atoms with Crippen molar-refractivity contribution in [2.75, 3.05) is 19.6 Å². The summed E-state index contributed by atoms with van der Waals surface area (Å²) in [4.78, 5) is 73.5. The van der Waals surface area contributed by atoms with Gasteiger partial charge in [0.05, 0.1) is 18.1 Å². The van der Waals surface area contributed by atoms with Crippen LogP contribution in [0.1, 0.15) is 126 Å². The number of hydrogen-bond acceptors (Lipinski definition) is 11. The zero-order chi connectivity index (χ0) is 43.4. The van der Waals surface area contributed by atoms with Gasteiger partial charge in [-0.1, -0.05) is 47.6 Å². The zero-order valence-corrected chi connectivity index (χ0v) is 37.5. The van der Waals surface area contributed by atoms with Crippen LogP contribution in [0.5, 0.6) is 0 Å². The number of piperidine rings is 1. The number of carbonyl (C=O) groups is 5. The Balaban J connectivity index is 1.16. The lowest BCUT2D eigenvalue weighted by molar-refractivity contribution is -0.165. The minimum atomic E-state index is -1.10. The molecule has 328 valence electrons. The summed E-state index contributed by atoms with van der Waals surface area (Å²) in [5.41, 5.74) is -0.0593. The van der Waals surface area contributed by atoms with E-state index in [1.54, 1.807) is 38.7 Å². The van der Waals surface area contributed by atoms with Crippen molar-refractivity contribution in [1.82, 2.24) is 25.4 Å². The summed E-state index contributed by atoms with van der Waals surface area (Å²) in [7, 11) is 0. The number of carboxylic acid groups (broad SMARTS) is 1. The van der Waals surface area contributed by atoms with E-state index >= 15 is 0 Å². The van der Waals surface area contributed by atoms with Gasteiger partial charge in [-0.25, -0.2) is 9.59 Å². The lowest BCUT2D eigenvalue weighted by Gasteiger charge is -2.46. The van der Waals surface area contributed by atoms with Gasteiger partial charge >= 0.3 is 11.9 Å². The highest BCUT2D eigenvalue weighted by Gasteiger charge is 2.60. The fraction of sp³-hybridized carbons (Fsp3) is 0.733. The van der Waals surface area contributed by atoms with Crippen LogP contribution in [0, 0.1) is 22.7 Å². The number of thioether (sulfide) groups is 1. The highest BCUT2D eigenvalue weighted by Crippen LogP contribution is 2.52. The largest absolute Gasteiger partial charge is 0.477 e. The Kier molecular flexibility index (Phi) is 15.2. The predicted octanol–water partition coefficient (Wildman–Crippen LogP) is 5.49. The molecule has 1 aromatic heterocycles. The van der Waals surface area contributed by atoms with Crippen molar-refractivity contribution in [3.8, 4) is 0 Å². The van der Waals surface area contributed by atoms with Crippen LogP contribution >= 0.6 is 11.8 Å². The summed E-state index contributed by atoms with van der Waals surface area (Å²) in [6.45, 7) is 19.6. The van der Waals surface area contributed by atoms with E-state index in [1.807, 2.05) is 32.2 Å². The third-order valence-corrected chi connectivity index (χ3v) is 14.8. The molecule has 4 aliphatic rings. The number of ether oxygens (including phenoxy) is 1. The molecule has 0 aliphatic carbocycles. The molecule has 14 heteroatoms. The number of pyridine rings is 1. The van der Waals surface area contributed by atoms with E-state index in [-0.39, 0.29) is 45.8 Å². The van der Waals surface area contributed by atoms with Crippen LogP contribution in [0.2, 0.25) is 0 Å². The number of carboxylic acids is 1. The van der Waals surface area contributed by atoms with Gasteiger partial charge in [-0.05, 0) is 102 Å². The van der Waals surface area contributed by atoms with Crippen LogP contribution in [0.3, 0.4) is 0 Å². The van der Waals surface area contributed by atoms with Crippen molar-refractivity contribution in [2.24, 2.45) is 22.7 Å². The highest BCUT2D eigenvalue weighted by atomic mass is 32.2. The molecule has 3 fully saturated rings. The molecule has 4 N–H and O–H groups in total. The third-order valence-electron chi connectivity index (χ3n) is 13.3. The molecule has 0 bridgehead atoms. The maximum atomic E-state index is 13.9. The van der Waals surface area contributed by atoms with Crippen molar-refractivity contribution in [3.05, 3.63) is 40.7 Å². The van der Waals surface area contributed by atoms with Crippen molar-refractivity contribution in [2.45, 2.75) is 168 Å². The van der Waals surface area contributed by atoms with Crippen molar-refractivity contribution >= 4 is 41.3 Å². The number of nitrogens with one attached hydrogen (secondary N) is 2. The number of esters is 1. The van der Waals surface area contributed by atoms with E-state index < -0.39 is 53.2 Å². The number of likely N-dealkylation sites (tertiary alicyclic amines) is 1. The third kappa shape index (κ3) is 11.1. The Hall–Kier alpha value is -3.33. The van der Waals surface area contributed by atoms with Crippen molar-refractivity contribution < 1.29 is 38.9 Å². The van der Waals surface area contributed by atoms with Gasteiger partial charge < -0.3 is 35.4 Å². The monoisotopic (exact) mass is 839 g/mol. The van der Waals surface area contributed by atoms with Gasteiger partial charge in [0.2, 0.25) is 11.7 Å². The summed E-state index contributed by atoms with van der Waals surface area (Å²) >= 11 is 1.56. The molecule has 8 atom stereocenters. The molecule has 0 aromatic carbocycles. The number of rotatable bonds is 20. The first kappa shape index (κ1) is 46.7. The van der Waals surface area contributed by atoms with E-state index in [0.717, 1.165) is 55.7 Å². The molecular formula is C45H69N5O8S. The molecule has 0 unspecified atom stereocenters. The van der Waals surface area contributed by atoms with Crippen molar-refractivity contribution in [3.63, 3.8) is 0 Å². The first-order valence-electron chi connectivity index (χ1n) is 21.7. The average Bonchev–Trinajstić information content (AvgIpc) is 3.74. The smallest absolute Gasteiger partial charge is 0.353 e. The standard InChI is InChI=1S/C45H69N5O8S/c1-10-44(6,7)38(52)40(54)49-21-12-11-15-33(49)42(57)58-31(17-16-29-14-13-20-46-24-29)23-43(4,5)18-19-45(8,9)48-25-30-22-32(26-47-30)59-37-27(2)35-34(28(3)51)39(53)50(35)36(37)41(55)56/h13-14,20,24,27-28,30-35,47-48,51H,10-12,15-19,21-23,25-26H2,1-9H3,(H,55,56)/t27-,28-,30+,31-,32+,33+,34-,35-/m1/s1. The number of fused-ring (bicyclic) bond motifs is 1. The molecule has 5 rings (SSSR count). The number of aromatic nitrogens is 1. The van der Waals surface area contributed by atoms with Crippen LogP contribution in [-0.2, 0) is 35.1 Å². The van der Waals surface area contributed by atoms with E-state index in [4.69, 9.17) is 4.74 Å². The molecule has 59 heavy (non-hydrogen) atoms. The second kappa shape index (κ2) is 19.2. The number of nitrogens with zero attached hydrogens (tertiary/aromatic N) is 3. The Bertz CT molecular complexity index is 1730. The summed E-state index contributed by atoms with van der Waals surface area (Å²) in [6, 6.07) is 3.02. The van der Waals surface area contributed by atoms with E-state index in [9.17, 15) is 34.2 Å². The van der Waals surface area contributed by atoms with Crippen LogP contribution in [0.4, 0.5) is 0 Å². The van der Waals surface area contributed by atoms with Crippen LogP contribution in [0.25, 0.3) is 0 Å². The Morgan fingerprint density at radius 3 is 2.49 bits per heavy atom. The fourth-order valence-corrected chi connectivity index (χ4v) is 10.6. The van der Waals surface area contributed by atoms with Gasteiger partial charge in [-0.2, -0.15) is 0 Å². The quantitative estimate of drug-likeness (QED) is 0.0739. The molecular weight excluding hydrogens is 771 g/mol. The number of aryl methyl sites for hydroxylation is 1. The Morgan fingerprint density at radius 2 is 1.85 bits per heavy atom.